The van der Waals surface area contributed by atoms with Gasteiger partial charge in [-0.25, -0.2) is 8.42 Å². The highest BCUT2D eigenvalue weighted by Gasteiger charge is 2.18. The highest BCUT2D eigenvalue weighted by atomic mass is 32.2. The van der Waals surface area contributed by atoms with Crippen molar-refractivity contribution in [3.05, 3.63) is 54.1 Å². The molecule has 9 heteroatoms. The molecule has 0 atom stereocenters. The molecule has 0 heterocycles. The van der Waals surface area contributed by atoms with Gasteiger partial charge in [-0.15, -0.1) is 5.23 Å². The summed E-state index contributed by atoms with van der Waals surface area (Å²) < 4.78 is 26.7. The standard InChI is InChI=1S/C13H12N2O6S/c16-13(17)9-6-11(15(18)19)8-12(7-9)22(20,21)14-10-4-2-1-3-5-10/h1-8,14,18-19H,(H,16,17)/p-1. The molecule has 3 N–H and O–H groups in total. The molecule has 22 heavy (non-hydrogen) atoms. The second-order valence-electron chi connectivity index (χ2n) is 4.26. The van der Waals surface area contributed by atoms with Crippen LogP contribution < -0.4 is 15.1 Å². The molecule has 0 unspecified atom stereocenters. The molecular formula is C13H11N2O6S-. The SMILES string of the molecule is O=C([O-])c1cc(N(O)O)cc(S(=O)(=O)Nc2ccccc2)c1. The van der Waals surface area contributed by atoms with E-state index in [4.69, 9.17) is 10.4 Å². The molecule has 2 aromatic rings. The van der Waals surface area contributed by atoms with E-state index in [0.29, 0.717) is 0 Å². The molecule has 2 aromatic carbocycles. The number of carboxylic acids is 1. The molecule has 0 aliphatic carbocycles. The van der Waals surface area contributed by atoms with Gasteiger partial charge in [0, 0.05) is 11.3 Å². The normalized spacial score (nSPS) is 11.0. The zero-order valence-corrected chi connectivity index (χ0v) is 11.8. The Morgan fingerprint density at radius 3 is 2.27 bits per heavy atom. The molecule has 0 fully saturated rings. The minimum absolute atomic E-state index is 0.271. The van der Waals surface area contributed by atoms with E-state index in [0.717, 1.165) is 18.2 Å². The van der Waals surface area contributed by atoms with Gasteiger partial charge in [0.2, 0.25) is 0 Å². The molecule has 8 nitrogen and oxygen atoms in total. The lowest BCUT2D eigenvalue weighted by Crippen LogP contribution is -2.24. The van der Waals surface area contributed by atoms with E-state index < -0.39 is 32.1 Å². The highest BCUT2D eigenvalue weighted by molar-refractivity contribution is 7.92. The van der Waals surface area contributed by atoms with Gasteiger partial charge in [-0.3, -0.25) is 15.1 Å². The van der Waals surface area contributed by atoms with Crippen LogP contribution in [0.1, 0.15) is 10.4 Å². The largest absolute Gasteiger partial charge is 0.545 e. The number of benzene rings is 2. The predicted molar refractivity (Wildman–Crippen MR) is 74.1 cm³/mol. The number of nitrogens with zero attached hydrogens (tertiary/aromatic N) is 1. The Kier molecular flexibility index (Phi) is 4.31. The van der Waals surface area contributed by atoms with Crippen molar-refractivity contribution in [2.75, 3.05) is 9.95 Å². The maximum absolute atomic E-state index is 12.2. The number of hydrogen-bond donors (Lipinski definition) is 3. The van der Waals surface area contributed by atoms with Crippen molar-refractivity contribution in [3.63, 3.8) is 0 Å². The average molecular weight is 323 g/mol. The maximum Gasteiger partial charge on any atom is 0.261 e. The second-order valence-corrected chi connectivity index (χ2v) is 5.95. The first kappa shape index (κ1) is 15.8. The summed E-state index contributed by atoms with van der Waals surface area (Å²) in [4.78, 5) is 10.4. The van der Waals surface area contributed by atoms with Gasteiger partial charge in [0.05, 0.1) is 16.6 Å². The number of carboxylic acid groups (broad SMARTS) is 1. The number of sulfonamides is 1. The molecule has 116 valence electrons. The molecule has 0 saturated carbocycles. The number of para-hydroxylation sites is 1. The third-order valence-corrected chi connectivity index (χ3v) is 4.05. The molecular weight excluding hydrogens is 312 g/mol. The van der Waals surface area contributed by atoms with Gasteiger partial charge in [0.1, 0.15) is 0 Å². The zero-order chi connectivity index (χ0) is 16.3. The number of nitrogens with one attached hydrogen (secondary N) is 1. The molecule has 0 saturated heterocycles. The highest BCUT2D eigenvalue weighted by Crippen LogP contribution is 2.22. The van der Waals surface area contributed by atoms with Crippen LogP contribution in [-0.2, 0) is 10.0 Å². The Hall–Kier alpha value is -2.62. The lowest BCUT2D eigenvalue weighted by Gasteiger charge is -2.14. The van der Waals surface area contributed by atoms with Gasteiger partial charge in [0.15, 0.2) is 0 Å². The zero-order valence-electron chi connectivity index (χ0n) is 11.0. The fourth-order valence-corrected chi connectivity index (χ4v) is 2.81. The first-order chi connectivity index (χ1) is 10.3. The third-order valence-electron chi connectivity index (χ3n) is 2.69. The summed E-state index contributed by atoms with van der Waals surface area (Å²) in [7, 11) is -4.12. The maximum atomic E-state index is 12.2. The van der Waals surface area contributed by atoms with Crippen LogP contribution in [0.4, 0.5) is 11.4 Å². The monoisotopic (exact) mass is 323 g/mol. The van der Waals surface area contributed by atoms with Gasteiger partial charge in [-0.1, -0.05) is 18.2 Å². The summed E-state index contributed by atoms with van der Waals surface area (Å²) in [6, 6.07) is 10.6. The van der Waals surface area contributed by atoms with Gasteiger partial charge >= 0.3 is 0 Å². The molecule has 0 aliphatic rings. The summed E-state index contributed by atoms with van der Waals surface area (Å²) >= 11 is 0. The van der Waals surface area contributed by atoms with E-state index in [1.54, 1.807) is 18.2 Å². The number of carbonyl (C=O) groups excluding carboxylic acids is 1. The number of hydrogen-bond acceptors (Lipinski definition) is 7. The fourth-order valence-electron chi connectivity index (χ4n) is 1.69. The summed E-state index contributed by atoms with van der Waals surface area (Å²) in [5.41, 5.74) is -0.679. The van der Waals surface area contributed by atoms with Crippen LogP contribution in [0.5, 0.6) is 0 Å². The molecule has 0 spiro atoms. The van der Waals surface area contributed by atoms with Crippen LogP contribution in [0.25, 0.3) is 0 Å². The van der Waals surface area contributed by atoms with E-state index in [2.05, 4.69) is 4.72 Å². The number of aromatic carboxylic acids is 1. The molecule has 0 aliphatic heterocycles. The van der Waals surface area contributed by atoms with Crippen LogP contribution in [0.3, 0.4) is 0 Å². The van der Waals surface area contributed by atoms with Crippen molar-refractivity contribution in [2.24, 2.45) is 0 Å². The van der Waals surface area contributed by atoms with Crippen LogP contribution in [-0.4, -0.2) is 24.8 Å². The summed E-state index contributed by atoms with van der Waals surface area (Å²) in [5, 5.41) is 28.5. The van der Waals surface area contributed by atoms with Crippen LogP contribution in [0.15, 0.2) is 53.4 Å². The Labute approximate surface area is 125 Å². The number of anilines is 2. The van der Waals surface area contributed by atoms with Crippen molar-refractivity contribution in [1.29, 1.82) is 0 Å². The van der Waals surface area contributed by atoms with E-state index in [1.807, 2.05) is 0 Å². The molecule has 0 aromatic heterocycles. The minimum Gasteiger partial charge on any atom is -0.545 e. The second kappa shape index (κ2) is 6.02. The van der Waals surface area contributed by atoms with Gasteiger partial charge in [0.25, 0.3) is 10.0 Å². The van der Waals surface area contributed by atoms with Crippen molar-refractivity contribution in [3.8, 4) is 0 Å². The van der Waals surface area contributed by atoms with Crippen molar-refractivity contribution in [1.82, 2.24) is 0 Å². The molecule has 0 bridgehead atoms. The summed E-state index contributed by atoms with van der Waals surface area (Å²) in [6.07, 6.45) is 0. The van der Waals surface area contributed by atoms with Crippen LogP contribution in [0, 0.1) is 0 Å². The first-order valence-corrected chi connectivity index (χ1v) is 7.40. The Bertz CT molecular complexity index is 789. The van der Waals surface area contributed by atoms with Gasteiger partial charge in [-0.2, -0.15) is 0 Å². The summed E-state index contributed by atoms with van der Waals surface area (Å²) in [5.74, 6) is -1.65. The van der Waals surface area contributed by atoms with Gasteiger partial charge < -0.3 is 9.90 Å². The average Bonchev–Trinajstić information content (AvgIpc) is 2.47. The van der Waals surface area contributed by atoms with Crippen LogP contribution >= 0.6 is 0 Å². The van der Waals surface area contributed by atoms with E-state index >= 15 is 0 Å². The topological polar surface area (TPSA) is 130 Å². The molecule has 0 radical (unpaired) electrons. The van der Waals surface area contributed by atoms with Crippen molar-refractivity contribution in [2.45, 2.75) is 4.90 Å². The molecule has 0 amide bonds. The van der Waals surface area contributed by atoms with Crippen molar-refractivity contribution >= 4 is 27.4 Å². The van der Waals surface area contributed by atoms with Crippen LogP contribution in [0.2, 0.25) is 0 Å². The fraction of sp³-hybridized carbons (Fsp3) is 0. The third kappa shape index (κ3) is 3.52. The Balaban J connectivity index is 2.48. The molecule has 2 rings (SSSR count). The first-order valence-electron chi connectivity index (χ1n) is 5.92. The predicted octanol–water partition coefficient (Wildman–Crippen LogP) is 0.436. The Morgan fingerprint density at radius 1 is 1.09 bits per heavy atom. The number of carbonyl (C=O) groups is 1. The van der Waals surface area contributed by atoms with Crippen molar-refractivity contribution < 1.29 is 28.7 Å². The lowest BCUT2D eigenvalue weighted by molar-refractivity contribution is -0.255. The van der Waals surface area contributed by atoms with E-state index in [1.165, 1.54) is 12.1 Å². The van der Waals surface area contributed by atoms with E-state index in [-0.39, 0.29) is 10.9 Å². The number of rotatable bonds is 5. The minimum atomic E-state index is -4.12. The smallest absolute Gasteiger partial charge is 0.261 e. The lowest BCUT2D eigenvalue weighted by atomic mass is 10.2. The quantitative estimate of drug-likeness (QED) is 0.680. The summed E-state index contributed by atoms with van der Waals surface area (Å²) in [6.45, 7) is 0. The van der Waals surface area contributed by atoms with Gasteiger partial charge in [-0.05, 0) is 30.3 Å². The Morgan fingerprint density at radius 2 is 1.73 bits per heavy atom. The van der Waals surface area contributed by atoms with E-state index in [9.17, 15) is 18.3 Å².